The fourth-order valence-corrected chi connectivity index (χ4v) is 6.65. The van der Waals surface area contributed by atoms with Crippen LogP contribution in [-0.2, 0) is 4.74 Å². The van der Waals surface area contributed by atoms with Crippen molar-refractivity contribution in [2.75, 3.05) is 7.11 Å². The molecule has 0 aliphatic carbocycles. The van der Waals surface area contributed by atoms with E-state index in [0.717, 1.165) is 0 Å². The topological polar surface area (TPSA) is 26.3 Å². The van der Waals surface area contributed by atoms with Crippen LogP contribution in [-0.4, -0.2) is 21.2 Å². The van der Waals surface area contributed by atoms with E-state index in [9.17, 15) is 4.79 Å². The number of hydrogen-bond acceptors (Lipinski definition) is 2. The number of methoxy groups -OCH3 is 1. The largest absolute Gasteiger partial charge is 0.465 e. The third-order valence-corrected chi connectivity index (χ3v) is 9.05. The van der Waals surface area contributed by atoms with Gasteiger partial charge in [-0.3, -0.25) is 0 Å². The van der Waals surface area contributed by atoms with Gasteiger partial charge in [0, 0.05) is 0 Å². The lowest BCUT2D eigenvalue weighted by Crippen LogP contribution is -2.64. The van der Waals surface area contributed by atoms with Crippen molar-refractivity contribution in [2.24, 2.45) is 0 Å². The van der Waals surface area contributed by atoms with Gasteiger partial charge in [0.2, 0.25) is 0 Å². The highest BCUT2D eigenvalue weighted by Gasteiger charge is 2.33. The molecule has 0 amide bonds. The molecule has 0 bridgehead atoms. The van der Waals surface area contributed by atoms with Gasteiger partial charge in [-0.05, 0) is 27.7 Å². The fraction of sp³-hybridized carbons (Fsp3) is 0.0952. The van der Waals surface area contributed by atoms with Gasteiger partial charge in [0.05, 0.1) is 12.7 Å². The average molecular weight is 332 g/mol. The van der Waals surface area contributed by atoms with Crippen molar-refractivity contribution >= 4 is 29.6 Å². The van der Waals surface area contributed by atoms with Gasteiger partial charge in [-0.2, -0.15) is 0 Å². The molecule has 0 aliphatic rings. The van der Waals surface area contributed by atoms with Crippen LogP contribution >= 0.6 is 0 Å². The minimum atomic E-state index is -2.10. The van der Waals surface area contributed by atoms with Gasteiger partial charge in [0.1, 0.15) is 8.07 Å². The normalized spacial score (nSPS) is 11.1. The summed E-state index contributed by atoms with van der Waals surface area (Å²) in [6.45, 7) is 2.35. The molecule has 24 heavy (non-hydrogen) atoms. The molecule has 0 radical (unpaired) electrons. The molecule has 120 valence electrons. The van der Waals surface area contributed by atoms with Crippen molar-refractivity contribution < 1.29 is 9.53 Å². The van der Waals surface area contributed by atoms with Crippen LogP contribution in [0.15, 0.2) is 84.9 Å². The minimum absolute atomic E-state index is 0.302. The predicted molar refractivity (Wildman–Crippen MR) is 101 cm³/mol. The number of hydrogen-bond donors (Lipinski definition) is 0. The molecular weight excluding hydrogens is 312 g/mol. The maximum atomic E-state index is 11.7. The highest BCUT2D eigenvalue weighted by atomic mass is 28.3. The zero-order valence-electron chi connectivity index (χ0n) is 13.9. The summed E-state index contributed by atoms with van der Waals surface area (Å²) in [5.74, 6) is -0.302. The average Bonchev–Trinajstić information content (AvgIpc) is 2.68. The molecule has 0 saturated carbocycles. The number of carbonyl (C=O) groups excluding carboxylic acids is 1. The summed E-state index contributed by atoms with van der Waals surface area (Å²) in [5, 5.41) is 3.97. The summed E-state index contributed by atoms with van der Waals surface area (Å²) >= 11 is 0. The third kappa shape index (κ3) is 2.91. The van der Waals surface area contributed by atoms with Crippen LogP contribution in [0.3, 0.4) is 0 Å². The maximum Gasteiger partial charge on any atom is 0.337 e. The Hall–Kier alpha value is -2.65. The first kappa shape index (κ1) is 16.2. The Kier molecular flexibility index (Phi) is 4.63. The smallest absolute Gasteiger partial charge is 0.337 e. The van der Waals surface area contributed by atoms with Crippen molar-refractivity contribution in [3.05, 3.63) is 90.5 Å². The molecule has 0 fully saturated rings. The lowest BCUT2D eigenvalue weighted by molar-refractivity contribution is 0.0601. The molecule has 0 aromatic heterocycles. The van der Waals surface area contributed by atoms with E-state index in [0.29, 0.717) is 5.56 Å². The van der Waals surface area contributed by atoms with Gasteiger partial charge in [0.25, 0.3) is 0 Å². The molecule has 0 spiro atoms. The van der Waals surface area contributed by atoms with Gasteiger partial charge in [-0.1, -0.05) is 79.3 Å². The molecule has 0 heterocycles. The van der Waals surface area contributed by atoms with Crippen molar-refractivity contribution in [3.63, 3.8) is 0 Å². The number of esters is 1. The molecule has 0 unspecified atom stereocenters. The van der Waals surface area contributed by atoms with E-state index in [1.807, 2.05) is 24.3 Å². The summed E-state index contributed by atoms with van der Waals surface area (Å²) in [7, 11) is -0.692. The summed E-state index contributed by atoms with van der Waals surface area (Å²) in [6.07, 6.45) is 0. The van der Waals surface area contributed by atoms with E-state index in [4.69, 9.17) is 4.74 Å². The van der Waals surface area contributed by atoms with Crippen molar-refractivity contribution in [3.8, 4) is 0 Å². The third-order valence-electron chi connectivity index (χ3n) is 4.59. The van der Waals surface area contributed by atoms with Crippen LogP contribution in [0, 0.1) is 0 Å². The number of benzene rings is 3. The number of rotatable bonds is 4. The second kappa shape index (κ2) is 6.85. The predicted octanol–water partition coefficient (Wildman–Crippen LogP) is 2.57. The van der Waals surface area contributed by atoms with Crippen LogP contribution < -0.4 is 15.6 Å². The summed E-state index contributed by atoms with van der Waals surface area (Å²) < 4.78 is 4.80. The van der Waals surface area contributed by atoms with Gasteiger partial charge < -0.3 is 4.74 Å². The fourth-order valence-electron chi connectivity index (χ4n) is 3.10. The zero-order valence-corrected chi connectivity index (χ0v) is 14.9. The molecule has 0 atom stereocenters. The van der Waals surface area contributed by atoms with Crippen LogP contribution in [0.4, 0.5) is 0 Å². The van der Waals surface area contributed by atoms with Gasteiger partial charge >= 0.3 is 5.97 Å². The van der Waals surface area contributed by atoms with E-state index in [1.165, 1.54) is 22.7 Å². The number of ether oxygens (including phenoxy) is 1. The van der Waals surface area contributed by atoms with Gasteiger partial charge in [-0.25, -0.2) is 4.79 Å². The van der Waals surface area contributed by atoms with E-state index >= 15 is 0 Å². The lowest BCUT2D eigenvalue weighted by atomic mass is 10.2. The van der Waals surface area contributed by atoms with Gasteiger partial charge in [-0.15, -0.1) is 0 Å². The van der Waals surface area contributed by atoms with Crippen LogP contribution in [0.5, 0.6) is 0 Å². The van der Waals surface area contributed by atoms with Crippen LogP contribution in [0.2, 0.25) is 6.55 Å². The molecular formula is C21H20O2Si. The molecule has 3 rings (SSSR count). The second-order valence-corrected chi connectivity index (χ2v) is 9.91. The monoisotopic (exact) mass is 332 g/mol. The Morgan fingerprint density at radius 1 is 0.708 bits per heavy atom. The van der Waals surface area contributed by atoms with Gasteiger partial charge in [0.15, 0.2) is 0 Å². The first-order valence-corrected chi connectivity index (χ1v) is 10.5. The highest BCUT2D eigenvalue weighted by Crippen LogP contribution is 2.09. The Morgan fingerprint density at radius 3 is 1.54 bits per heavy atom. The van der Waals surface area contributed by atoms with E-state index in [-0.39, 0.29) is 5.97 Å². The molecule has 3 heteroatoms. The molecule has 0 aliphatic heterocycles. The summed E-state index contributed by atoms with van der Waals surface area (Å²) in [5.41, 5.74) is 0.582. The molecule has 3 aromatic carbocycles. The molecule has 3 aromatic rings. The summed E-state index contributed by atoms with van der Waals surface area (Å²) in [6, 6.07) is 29.1. The van der Waals surface area contributed by atoms with E-state index < -0.39 is 8.07 Å². The SMILES string of the molecule is COC(=O)c1ccc([Si](C)(c2ccccc2)c2ccccc2)cc1. The Balaban J connectivity index is 2.14. The van der Waals surface area contributed by atoms with E-state index in [2.05, 4.69) is 67.2 Å². The quantitative estimate of drug-likeness (QED) is 0.417. The first-order chi connectivity index (χ1) is 11.7. The highest BCUT2D eigenvalue weighted by molar-refractivity contribution is 7.10. The molecule has 0 saturated heterocycles. The lowest BCUT2D eigenvalue weighted by Gasteiger charge is -2.29. The number of carbonyl (C=O) groups is 1. The second-order valence-electron chi connectivity index (χ2n) is 5.93. The minimum Gasteiger partial charge on any atom is -0.465 e. The maximum absolute atomic E-state index is 11.7. The van der Waals surface area contributed by atoms with Crippen molar-refractivity contribution in [1.82, 2.24) is 0 Å². The van der Waals surface area contributed by atoms with Crippen molar-refractivity contribution in [2.45, 2.75) is 6.55 Å². The Labute approximate surface area is 143 Å². The van der Waals surface area contributed by atoms with E-state index in [1.54, 1.807) is 0 Å². The van der Waals surface area contributed by atoms with Crippen LogP contribution in [0.25, 0.3) is 0 Å². The Bertz CT molecular complexity index is 772. The van der Waals surface area contributed by atoms with Crippen molar-refractivity contribution in [1.29, 1.82) is 0 Å². The zero-order chi connectivity index (χ0) is 17.0. The first-order valence-electron chi connectivity index (χ1n) is 7.96. The standard InChI is InChI=1S/C21H20O2Si/c1-23-21(22)17-13-15-20(16-14-17)24(2,18-9-5-3-6-10-18)19-11-7-4-8-12-19/h3-16H,1-2H3. The molecule has 2 nitrogen and oxygen atoms in total. The molecule has 0 N–H and O–H groups in total. The summed E-state index contributed by atoms with van der Waals surface area (Å²) in [4.78, 5) is 11.7. The Morgan fingerprint density at radius 2 is 1.12 bits per heavy atom. The van der Waals surface area contributed by atoms with Crippen LogP contribution in [0.1, 0.15) is 10.4 Å².